The molecule has 0 fully saturated rings. The minimum absolute atomic E-state index is 0.168. The van der Waals surface area contributed by atoms with E-state index in [1.54, 1.807) is 0 Å². The highest BCUT2D eigenvalue weighted by Gasteiger charge is 2.15. The monoisotopic (exact) mass is 519 g/mol. The Labute approximate surface area is 231 Å². The Morgan fingerprint density at radius 2 is 1.00 bits per heavy atom. The van der Waals surface area contributed by atoms with Gasteiger partial charge in [0.2, 0.25) is 5.28 Å². The van der Waals surface area contributed by atoms with E-state index >= 15 is 0 Å². The first-order chi connectivity index (χ1) is 19.2. The highest BCUT2D eigenvalue weighted by Crippen LogP contribution is 2.35. The first-order valence-electron chi connectivity index (χ1n) is 12.8. The predicted octanol–water partition coefficient (Wildman–Crippen LogP) is 9.50. The Morgan fingerprint density at radius 1 is 0.385 bits per heavy atom. The lowest BCUT2D eigenvalue weighted by Crippen LogP contribution is -1.99. The average molecular weight is 520 g/mol. The molecule has 0 spiro atoms. The van der Waals surface area contributed by atoms with Crippen molar-refractivity contribution in [3.8, 4) is 45.0 Å². The molecule has 0 unspecified atom stereocenters. The van der Waals surface area contributed by atoms with E-state index in [9.17, 15) is 0 Å². The van der Waals surface area contributed by atoms with E-state index in [2.05, 4.69) is 107 Å². The van der Waals surface area contributed by atoms with Crippen LogP contribution in [-0.4, -0.2) is 15.0 Å². The van der Waals surface area contributed by atoms with E-state index in [0.29, 0.717) is 11.6 Å². The maximum Gasteiger partial charge on any atom is 0.226 e. The third-order valence-electron chi connectivity index (χ3n) is 7.06. The Bertz CT molecular complexity index is 1980. The summed E-state index contributed by atoms with van der Waals surface area (Å²) in [5, 5.41) is 4.73. The normalized spacial score (nSPS) is 11.2. The van der Waals surface area contributed by atoms with Crippen LogP contribution >= 0.6 is 11.6 Å². The number of aromatic nitrogens is 3. The van der Waals surface area contributed by atoms with Gasteiger partial charge in [-0.15, -0.1) is 0 Å². The summed E-state index contributed by atoms with van der Waals surface area (Å²) >= 11 is 6.52. The first-order valence-corrected chi connectivity index (χ1v) is 13.2. The number of rotatable bonds is 4. The summed E-state index contributed by atoms with van der Waals surface area (Å²) in [6, 6.07) is 46.1. The van der Waals surface area contributed by atoms with Gasteiger partial charge in [0, 0.05) is 11.1 Å². The minimum Gasteiger partial charge on any atom is -0.208 e. The Morgan fingerprint density at radius 3 is 1.85 bits per heavy atom. The quantitative estimate of drug-likeness (QED) is 0.232. The van der Waals surface area contributed by atoms with Crippen molar-refractivity contribution in [1.29, 1.82) is 0 Å². The van der Waals surface area contributed by atoms with Crippen LogP contribution in [0.15, 0.2) is 133 Å². The molecular formula is C35H22ClN3. The average Bonchev–Trinajstić information content (AvgIpc) is 3.00. The smallest absolute Gasteiger partial charge is 0.208 e. The topological polar surface area (TPSA) is 38.7 Å². The highest BCUT2D eigenvalue weighted by molar-refractivity contribution is 6.28. The van der Waals surface area contributed by atoms with E-state index in [4.69, 9.17) is 16.6 Å². The zero-order valence-corrected chi connectivity index (χ0v) is 21.7. The van der Waals surface area contributed by atoms with E-state index < -0.39 is 0 Å². The summed E-state index contributed by atoms with van der Waals surface area (Å²) in [6.45, 7) is 0. The molecule has 39 heavy (non-hydrogen) atoms. The van der Waals surface area contributed by atoms with Crippen LogP contribution in [0.4, 0.5) is 0 Å². The van der Waals surface area contributed by atoms with E-state index in [1.165, 1.54) is 21.9 Å². The van der Waals surface area contributed by atoms with Crippen LogP contribution in [0.5, 0.6) is 0 Å². The molecule has 6 aromatic carbocycles. The van der Waals surface area contributed by atoms with Crippen LogP contribution in [0.3, 0.4) is 0 Å². The molecule has 0 radical (unpaired) electrons. The van der Waals surface area contributed by atoms with Crippen LogP contribution in [-0.2, 0) is 0 Å². The van der Waals surface area contributed by atoms with Gasteiger partial charge >= 0.3 is 0 Å². The molecule has 3 nitrogen and oxygen atoms in total. The number of halogens is 1. The second kappa shape index (κ2) is 9.79. The molecule has 0 atom stereocenters. The fourth-order valence-corrected chi connectivity index (χ4v) is 5.33. The van der Waals surface area contributed by atoms with Crippen LogP contribution in [0.1, 0.15) is 0 Å². The summed E-state index contributed by atoms with van der Waals surface area (Å²) in [5.74, 6) is 1.10. The van der Waals surface area contributed by atoms with Crippen molar-refractivity contribution in [3.05, 3.63) is 139 Å². The van der Waals surface area contributed by atoms with Gasteiger partial charge in [0.1, 0.15) is 0 Å². The van der Waals surface area contributed by atoms with E-state index in [0.717, 1.165) is 33.0 Å². The van der Waals surface area contributed by atoms with Crippen LogP contribution in [0, 0.1) is 0 Å². The molecule has 0 N–H and O–H groups in total. The molecule has 7 aromatic rings. The van der Waals surface area contributed by atoms with Crippen LogP contribution in [0.2, 0.25) is 5.28 Å². The molecule has 0 bridgehead atoms. The van der Waals surface area contributed by atoms with Gasteiger partial charge in [0.05, 0.1) is 0 Å². The number of benzene rings is 6. The number of hydrogen-bond acceptors (Lipinski definition) is 3. The van der Waals surface area contributed by atoms with Crippen LogP contribution in [0.25, 0.3) is 66.6 Å². The lowest BCUT2D eigenvalue weighted by Gasteiger charge is -2.12. The zero-order chi connectivity index (χ0) is 26.2. The lowest BCUT2D eigenvalue weighted by atomic mass is 9.96. The van der Waals surface area contributed by atoms with Gasteiger partial charge in [-0.3, -0.25) is 0 Å². The summed E-state index contributed by atoms with van der Waals surface area (Å²) in [7, 11) is 0. The van der Waals surface area contributed by atoms with Crippen molar-refractivity contribution in [3.63, 3.8) is 0 Å². The zero-order valence-electron chi connectivity index (χ0n) is 20.9. The lowest BCUT2D eigenvalue weighted by molar-refractivity contribution is 1.07. The molecule has 7 rings (SSSR count). The predicted molar refractivity (Wildman–Crippen MR) is 162 cm³/mol. The third-order valence-corrected chi connectivity index (χ3v) is 7.23. The number of hydrogen-bond donors (Lipinski definition) is 0. The first kappa shape index (κ1) is 23.3. The van der Waals surface area contributed by atoms with Crippen molar-refractivity contribution in [2.45, 2.75) is 0 Å². The molecule has 184 valence electrons. The maximum absolute atomic E-state index is 6.52. The molecule has 4 heteroatoms. The summed E-state index contributed by atoms with van der Waals surface area (Å²) in [4.78, 5) is 14.0. The molecule has 0 aliphatic carbocycles. The molecule has 0 aliphatic rings. The fourth-order valence-electron chi connectivity index (χ4n) is 5.17. The SMILES string of the molecule is Clc1nc(-c2ccccc2-c2ccc3ccccc3c2)nc(-c2cccc3cc(-c4ccccc4)ccc23)n1. The number of nitrogens with zero attached hydrogens (tertiary/aromatic N) is 3. The van der Waals surface area contributed by atoms with Crippen molar-refractivity contribution >= 4 is 33.1 Å². The molecular weight excluding hydrogens is 498 g/mol. The van der Waals surface area contributed by atoms with Gasteiger partial charge in [0.15, 0.2) is 11.6 Å². The van der Waals surface area contributed by atoms with Gasteiger partial charge in [-0.1, -0.05) is 121 Å². The number of fused-ring (bicyclic) bond motifs is 2. The summed E-state index contributed by atoms with van der Waals surface area (Å²) in [6.07, 6.45) is 0. The van der Waals surface area contributed by atoms with Crippen molar-refractivity contribution < 1.29 is 0 Å². The van der Waals surface area contributed by atoms with E-state index in [1.807, 2.05) is 36.4 Å². The maximum atomic E-state index is 6.52. The van der Waals surface area contributed by atoms with Crippen LogP contribution < -0.4 is 0 Å². The van der Waals surface area contributed by atoms with Gasteiger partial charge in [-0.25, -0.2) is 4.98 Å². The van der Waals surface area contributed by atoms with Gasteiger partial charge in [0.25, 0.3) is 0 Å². The second-order valence-corrected chi connectivity index (χ2v) is 9.80. The van der Waals surface area contributed by atoms with Crippen molar-refractivity contribution in [2.75, 3.05) is 0 Å². The second-order valence-electron chi connectivity index (χ2n) is 9.47. The minimum atomic E-state index is 0.168. The summed E-state index contributed by atoms with van der Waals surface area (Å²) in [5.41, 5.74) is 6.31. The third kappa shape index (κ3) is 4.43. The standard InChI is InChI=1S/C35H22ClN3/c36-35-38-33(31-15-7-6-14-29(31)28-18-17-24-11-4-5-12-25(24)21-28)37-34(39-35)32-16-8-13-27-22-26(19-20-30(27)32)23-9-2-1-3-10-23/h1-22H. The summed E-state index contributed by atoms with van der Waals surface area (Å²) < 4.78 is 0. The largest absolute Gasteiger partial charge is 0.226 e. The molecule has 0 saturated carbocycles. The van der Waals surface area contributed by atoms with E-state index in [-0.39, 0.29) is 5.28 Å². The van der Waals surface area contributed by atoms with Crippen molar-refractivity contribution in [1.82, 2.24) is 15.0 Å². The Kier molecular flexibility index (Phi) is 5.84. The van der Waals surface area contributed by atoms with Gasteiger partial charge < -0.3 is 0 Å². The molecule has 1 heterocycles. The Hall–Kier alpha value is -4.86. The molecule has 0 aliphatic heterocycles. The highest BCUT2D eigenvalue weighted by atomic mass is 35.5. The van der Waals surface area contributed by atoms with Gasteiger partial charge in [-0.2, -0.15) is 9.97 Å². The molecule has 0 saturated heterocycles. The molecule has 1 aromatic heterocycles. The Balaban J connectivity index is 1.35. The van der Waals surface area contributed by atoms with Crippen molar-refractivity contribution in [2.24, 2.45) is 0 Å². The molecule has 0 amide bonds. The fraction of sp³-hybridized carbons (Fsp3) is 0. The van der Waals surface area contributed by atoms with Gasteiger partial charge in [-0.05, 0) is 67.5 Å².